The van der Waals surface area contributed by atoms with Gasteiger partial charge in [0.1, 0.15) is 0 Å². The molecule has 1 aliphatic carbocycles. The minimum absolute atomic E-state index is 0.119. The molecular weight excluding hydrogens is 314 g/mol. The molecule has 0 spiro atoms. The van der Waals surface area contributed by atoms with Crippen molar-refractivity contribution in [3.05, 3.63) is 41.2 Å². The van der Waals surface area contributed by atoms with Gasteiger partial charge in [-0.2, -0.15) is 5.10 Å². The minimum Gasteiger partial charge on any atom is -0.369 e. The van der Waals surface area contributed by atoms with Crippen molar-refractivity contribution in [2.24, 2.45) is 0 Å². The number of fused-ring (bicyclic) bond motifs is 1. The number of rotatable bonds is 3. The first-order chi connectivity index (χ1) is 12.2. The van der Waals surface area contributed by atoms with E-state index in [1.165, 1.54) is 12.1 Å². The second kappa shape index (κ2) is 6.88. The molecule has 0 bridgehead atoms. The van der Waals surface area contributed by atoms with Crippen LogP contribution in [0.3, 0.4) is 0 Å². The van der Waals surface area contributed by atoms with E-state index >= 15 is 0 Å². The van der Waals surface area contributed by atoms with E-state index in [1.54, 1.807) is 0 Å². The van der Waals surface area contributed by atoms with E-state index in [-0.39, 0.29) is 5.91 Å². The van der Waals surface area contributed by atoms with Crippen molar-refractivity contribution >= 4 is 17.3 Å². The van der Waals surface area contributed by atoms with Gasteiger partial charge in [-0.3, -0.25) is 9.89 Å². The molecule has 0 atom stereocenters. The van der Waals surface area contributed by atoms with Crippen LogP contribution in [0.25, 0.3) is 0 Å². The maximum atomic E-state index is 12.6. The van der Waals surface area contributed by atoms with E-state index in [4.69, 9.17) is 0 Å². The molecule has 2 N–H and O–H groups in total. The van der Waals surface area contributed by atoms with Crippen molar-refractivity contribution in [1.29, 1.82) is 0 Å². The number of hydrogen-bond acceptors (Lipinski definition) is 4. The summed E-state index contributed by atoms with van der Waals surface area (Å²) in [7, 11) is 2.16. The van der Waals surface area contributed by atoms with Crippen LogP contribution in [0, 0.1) is 0 Å². The zero-order chi connectivity index (χ0) is 17.2. The fourth-order valence-corrected chi connectivity index (χ4v) is 3.68. The van der Waals surface area contributed by atoms with Crippen LogP contribution in [0.1, 0.15) is 34.6 Å². The number of piperazine rings is 1. The van der Waals surface area contributed by atoms with Gasteiger partial charge in [0.25, 0.3) is 5.91 Å². The van der Waals surface area contributed by atoms with Crippen molar-refractivity contribution in [3.63, 3.8) is 0 Å². The van der Waals surface area contributed by atoms with Gasteiger partial charge in [-0.15, -0.1) is 0 Å². The zero-order valence-electron chi connectivity index (χ0n) is 14.7. The average Bonchev–Trinajstić information content (AvgIpc) is 3.07. The number of aromatic amines is 1. The number of aryl methyl sites for hydroxylation is 1. The number of hydrogen-bond donors (Lipinski definition) is 2. The summed E-state index contributed by atoms with van der Waals surface area (Å²) in [5.41, 5.74) is 4.80. The summed E-state index contributed by atoms with van der Waals surface area (Å²) in [6, 6.07) is 8.12. The molecule has 0 unspecified atom stereocenters. The van der Waals surface area contributed by atoms with Gasteiger partial charge in [-0.1, -0.05) is 0 Å². The van der Waals surface area contributed by atoms with Gasteiger partial charge in [0.05, 0.1) is 0 Å². The molecule has 1 aromatic carbocycles. The number of aromatic nitrogens is 2. The van der Waals surface area contributed by atoms with Crippen molar-refractivity contribution < 1.29 is 4.79 Å². The Kier molecular flexibility index (Phi) is 4.44. The second-order valence-corrected chi connectivity index (χ2v) is 7.03. The molecule has 6 heteroatoms. The third kappa shape index (κ3) is 3.39. The molecule has 2 aliphatic rings. The van der Waals surface area contributed by atoms with Crippen molar-refractivity contribution in [2.45, 2.75) is 25.7 Å². The van der Waals surface area contributed by atoms with Gasteiger partial charge in [0.15, 0.2) is 5.69 Å². The number of nitrogens with zero attached hydrogens (tertiary/aromatic N) is 3. The monoisotopic (exact) mass is 339 g/mol. The summed E-state index contributed by atoms with van der Waals surface area (Å²) < 4.78 is 0. The summed E-state index contributed by atoms with van der Waals surface area (Å²) in [5, 5.41) is 10.3. The lowest BCUT2D eigenvalue weighted by Crippen LogP contribution is -2.44. The molecule has 1 aliphatic heterocycles. The molecule has 6 nitrogen and oxygen atoms in total. The van der Waals surface area contributed by atoms with Crippen LogP contribution in [0.2, 0.25) is 0 Å². The Bertz CT molecular complexity index is 744. The zero-order valence-corrected chi connectivity index (χ0v) is 14.7. The molecule has 0 radical (unpaired) electrons. The second-order valence-electron chi connectivity index (χ2n) is 7.03. The Morgan fingerprint density at radius 2 is 1.80 bits per heavy atom. The fourth-order valence-electron chi connectivity index (χ4n) is 3.68. The lowest BCUT2D eigenvalue weighted by Gasteiger charge is -2.34. The first-order valence-corrected chi connectivity index (χ1v) is 9.12. The maximum Gasteiger partial charge on any atom is 0.276 e. The van der Waals surface area contributed by atoms with Gasteiger partial charge < -0.3 is 15.1 Å². The first kappa shape index (κ1) is 16.1. The van der Waals surface area contributed by atoms with Crippen LogP contribution < -0.4 is 10.2 Å². The highest BCUT2D eigenvalue weighted by molar-refractivity contribution is 6.04. The van der Waals surface area contributed by atoms with E-state index in [0.717, 1.165) is 62.4 Å². The molecule has 132 valence electrons. The SMILES string of the molecule is CN1CCN(c2ccc(NC(=O)c3n[nH]c4c3CCCC4)cc2)CC1. The predicted molar refractivity (Wildman–Crippen MR) is 99.3 cm³/mol. The number of benzene rings is 1. The van der Waals surface area contributed by atoms with Crippen molar-refractivity contribution in [2.75, 3.05) is 43.4 Å². The summed E-state index contributed by atoms with van der Waals surface area (Å²) >= 11 is 0. The molecule has 1 amide bonds. The summed E-state index contributed by atoms with van der Waals surface area (Å²) in [6.45, 7) is 4.26. The molecular formula is C19H25N5O. The number of likely N-dealkylation sites (N-methyl/N-ethyl adjacent to an activating group) is 1. The van der Waals surface area contributed by atoms with Crippen LogP contribution >= 0.6 is 0 Å². The maximum absolute atomic E-state index is 12.6. The highest BCUT2D eigenvalue weighted by Crippen LogP contribution is 2.24. The number of H-pyrrole nitrogens is 1. The van der Waals surface area contributed by atoms with E-state index in [0.29, 0.717) is 5.69 Å². The van der Waals surface area contributed by atoms with E-state index in [1.807, 2.05) is 12.1 Å². The highest BCUT2D eigenvalue weighted by Gasteiger charge is 2.22. The van der Waals surface area contributed by atoms with Crippen LogP contribution in [0.5, 0.6) is 0 Å². The topological polar surface area (TPSA) is 64.3 Å². The lowest BCUT2D eigenvalue weighted by molar-refractivity contribution is 0.102. The third-order valence-corrected chi connectivity index (χ3v) is 5.27. The Balaban J connectivity index is 1.42. The smallest absolute Gasteiger partial charge is 0.276 e. The van der Waals surface area contributed by atoms with Crippen LogP contribution in [0.4, 0.5) is 11.4 Å². The Morgan fingerprint density at radius 1 is 1.08 bits per heavy atom. The van der Waals surface area contributed by atoms with Gasteiger partial charge in [-0.05, 0) is 57.0 Å². The predicted octanol–water partition coefficient (Wildman–Crippen LogP) is 2.29. The number of carbonyl (C=O) groups is 1. The molecule has 4 rings (SSSR count). The van der Waals surface area contributed by atoms with Gasteiger partial charge in [0, 0.05) is 48.8 Å². The summed E-state index contributed by atoms with van der Waals surface area (Å²) in [6.07, 6.45) is 4.24. The largest absolute Gasteiger partial charge is 0.369 e. The van der Waals surface area contributed by atoms with Crippen molar-refractivity contribution in [3.8, 4) is 0 Å². The van der Waals surface area contributed by atoms with Gasteiger partial charge in [0.2, 0.25) is 0 Å². The number of amides is 1. The fraction of sp³-hybridized carbons (Fsp3) is 0.474. The van der Waals surface area contributed by atoms with E-state index < -0.39 is 0 Å². The molecule has 2 heterocycles. The Labute approximate surface area is 148 Å². The number of anilines is 2. The molecule has 0 saturated carbocycles. The molecule has 2 aromatic rings. The average molecular weight is 339 g/mol. The summed E-state index contributed by atoms with van der Waals surface area (Å²) in [5.74, 6) is -0.119. The first-order valence-electron chi connectivity index (χ1n) is 9.12. The van der Waals surface area contributed by atoms with Crippen molar-refractivity contribution in [1.82, 2.24) is 15.1 Å². The quantitative estimate of drug-likeness (QED) is 0.901. The standard InChI is InChI=1S/C19H25N5O/c1-23-10-12-24(13-11-23)15-8-6-14(7-9-15)20-19(25)18-16-4-2-3-5-17(16)21-22-18/h6-9H,2-5,10-13H2,1H3,(H,20,25)(H,21,22). The normalized spacial score (nSPS) is 18.0. The molecule has 25 heavy (non-hydrogen) atoms. The number of nitrogens with one attached hydrogen (secondary N) is 2. The molecule has 1 fully saturated rings. The molecule has 1 saturated heterocycles. The van der Waals surface area contributed by atoms with Gasteiger partial charge in [-0.25, -0.2) is 0 Å². The highest BCUT2D eigenvalue weighted by atomic mass is 16.1. The third-order valence-electron chi connectivity index (χ3n) is 5.27. The van der Waals surface area contributed by atoms with E-state index in [2.05, 4.69) is 44.5 Å². The van der Waals surface area contributed by atoms with Crippen LogP contribution in [-0.2, 0) is 12.8 Å². The van der Waals surface area contributed by atoms with Gasteiger partial charge >= 0.3 is 0 Å². The van der Waals surface area contributed by atoms with E-state index in [9.17, 15) is 4.79 Å². The Hall–Kier alpha value is -2.34. The van der Waals surface area contributed by atoms with Crippen LogP contribution in [0.15, 0.2) is 24.3 Å². The summed E-state index contributed by atoms with van der Waals surface area (Å²) in [4.78, 5) is 17.3. The Morgan fingerprint density at radius 3 is 2.56 bits per heavy atom. The minimum atomic E-state index is -0.119. The lowest BCUT2D eigenvalue weighted by atomic mass is 9.96. The van der Waals surface area contributed by atoms with Crippen LogP contribution in [-0.4, -0.2) is 54.2 Å². The molecule has 1 aromatic heterocycles. The number of carbonyl (C=O) groups excluding carboxylic acids is 1.